The van der Waals surface area contributed by atoms with Gasteiger partial charge in [0.15, 0.2) is 5.13 Å². The summed E-state index contributed by atoms with van der Waals surface area (Å²) in [6.07, 6.45) is 3.96. The van der Waals surface area contributed by atoms with E-state index in [4.69, 9.17) is 11.6 Å². The molecular formula is C21H16ClN3OS. The largest absolute Gasteiger partial charge is 0.297 e. The van der Waals surface area contributed by atoms with E-state index in [1.807, 2.05) is 61.5 Å². The Hall–Kier alpha value is -2.94. The number of anilines is 1. The molecule has 134 valence electrons. The summed E-state index contributed by atoms with van der Waals surface area (Å²) in [5.74, 6) is -0.471. The Balaban J connectivity index is 1.69. The summed E-state index contributed by atoms with van der Waals surface area (Å²) >= 11 is 7.38. The molecule has 0 saturated carbocycles. The molecule has 0 unspecified atom stereocenters. The van der Waals surface area contributed by atoms with Gasteiger partial charge in [0.1, 0.15) is 11.6 Å². The molecular weight excluding hydrogens is 378 g/mol. The van der Waals surface area contributed by atoms with Crippen molar-refractivity contribution in [2.24, 2.45) is 0 Å². The Labute approximate surface area is 166 Å². The number of halogens is 1. The number of rotatable bonds is 5. The zero-order valence-electron chi connectivity index (χ0n) is 14.6. The average molecular weight is 394 g/mol. The quantitative estimate of drug-likeness (QED) is 0.476. The van der Waals surface area contributed by atoms with Crippen molar-refractivity contribution in [3.63, 3.8) is 0 Å². The molecule has 0 aliphatic carbocycles. The average Bonchev–Trinajstić information content (AvgIpc) is 3.08. The molecule has 0 radical (unpaired) electrons. The highest BCUT2D eigenvalue weighted by Gasteiger charge is 2.12. The molecule has 6 heteroatoms. The maximum absolute atomic E-state index is 12.4. The zero-order chi connectivity index (χ0) is 19.2. The number of hydrogen-bond donors (Lipinski definition) is 1. The highest BCUT2D eigenvalue weighted by molar-refractivity contribution is 7.15. The summed E-state index contributed by atoms with van der Waals surface area (Å²) in [5, 5.41) is 13.1. The molecule has 0 spiro atoms. The van der Waals surface area contributed by atoms with E-state index in [9.17, 15) is 10.1 Å². The lowest BCUT2D eigenvalue weighted by Crippen LogP contribution is -2.13. The minimum absolute atomic E-state index is 0.0328. The fourth-order valence-corrected chi connectivity index (χ4v) is 3.49. The van der Waals surface area contributed by atoms with E-state index in [0.717, 1.165) is 21.6 Å². The monoisotopic (exact) mass is 393 g/mol. The van der Waals surface area contributed by atoms with Crippen LogP contribution in [0.2, 0.25) is 5.02 Å². The molecule has 2 aromatic carbocycles. The number of nitrogens with zero attached hydrogens (tertiary/aromatic N) is 2. The van der Waals surface area contributed by atoms with Crippen LogP contribution >= 0.6 is 22.9 Å². The number of nitriles is 1. The van der Waals surface area contributed by atoms with Crippen LogP contribution in [0.3, 0.4) is 0 Å². The van der Waals surface area contributed by atoms with Gasteiger partial charge in [-0.05, 0) is 36.3 Å². The fourth-order valence-electron chi connectivity index (χ4n) is 2.44. The standard InChI is InChI=1S/C21H16ClN3OS/c1-14-5-7-15(8-6-14)9-17(12-23)20(26)25-21-24-13-19(27-21)11-16-3-2-4-18(22)10-16/h2-10,13H,11H2,1H3,(H,24,25,26)/b17-9+. The topological polar surface area (TPSA) is 65.8 Å². The molecule has 1 amide bonds. The lowest BCUT2D eigenvalue weighted by molar-refractivity contribution is -0.112. The van der Waals surface area contributed by atoms with Gasteiger partial charge in [-0.1, -0.05) is 53.6 Å². The number of carbonyl (C=O) groups is 1. The maximum Gasteiger partial charge on any atom is 0.268 e. The van der Waals surface area contributed by atoms with Crippen LogP contribution in [0, 0.1) is 18.3 Å². The van der Waals surface area contributed by atoms with Gasteiger partial charge in [0.25, 0.3) is 5.91 Å². The number of thiazole rings is 1. The molecule has 0 bridgehead atoms. The van der Waals surface area contributed by atoms with Gasteiger partial charge in [0.2, 0.25) is 0 Å². The molecule has 1 heterocycles. The van der Waals surface area contributed by atoms with Gasteiger partial charge in [0, 0.05) is 22.5 Å². The zero-order valence-corrected chi connectivity index (χ0v) is 16.1. The molecule has 0 aliphatic heterocycles. The SMILES string of the molecule is Cc1ccc(/C=C(\C#N)C(=O)Nc2ncc(Cc3cccc(Cl)c3)s2)cc1. The van der Waals surface area contributed by atoms with Crippen molar-refractivity contribution < 1.29 is 4.79 Å². The van der Waals surface area contributed by atoms with Crippen LogP contribution in [0.15, 0.2) is 60.3 Å². The highest BCUT2D eigenvalue weighted by atomic mass is 35.5. The van der Waals surface area contributed by atoms with Gasteiger partial charge in [0.05, 0.1) is 0 Å². The summed E-state index contributed by atoms with van der Waals surface area (Å²) in [6, 6.07) is 17.2. The van der Waals surface area contributed by atoms with Crippen molar-refractivity contribution in [1.29, 1.82) is 5.26 Å². The van der Waals surface area contributed by atoms with Crippen molar-refractivity contribution in [1.82, 2.24) is 4.98 Å². The van der Waals surface area contributed by atoms with Crippen molar-refractivity contribution in [3.05, 3.63) is 86.9 Å². The molecule has 3 aromatic rings. The molecule has 0 fully saturated rings. The van der Waals surface area contributed by atoms with E-state index in [2.05, 4.69) is 10.3 Å². The van der Waals surface area contributed by atoms with Crippen molar-refractivity contribution in [2.75, 3.05) is 5.32 Å². The van der Waals surface area contributed by atoms with Gasteiger partial charge < -0.3 is 0 Å². The molecule has 0 atom stereocenters. The molecule has 1 N–H and O–H groups in total. The van der Waals surface area contributed by atoms with Gasteiger partial charge in [-0.15, -0.1) is 11.3 Å². The third kappa shape index (κ3) is 5.27. The van der Waals surface area contributed by atoms with E-state index >= 15 is 0 Å². The summed E-state index contributed by atoms with van der Waals surface area (Å²) in [6.45, 7) is 1.98. The fraction of sp³-hybridized carbons (Fsp3) is 0.0952. The summed E-state index contributed by atoms with van der Waals surface area (Å²) in [4.78, 5) is 17.6. The van der Waals surface area contributed by atoms with Crippen molar-refractivity contribution in [3.8, 4) is 6.07 Å². The minimum Gasteiger partial charge on any atom is -0.297 e. The molecule has 0 saturated heterocycles. The minimum atomic E-state index is -0.471. The van der Waals surface area contributed by atoms with E-state index in [1.165, 1.54) is 11.3 Å². The van der Waals surface area contributed by atoms with Gasteiger partial charge in [-0.3, -0.25) is 10.1 Å². The predicted molar refractivity (Wildman–Crippen MR) is 110 cm³/mol. The third-order valence-electron chi connectivity index (χ3n) is 3.79. The maximum atomic E-state index is 12.4. The number of carbonyl (C=O) groups excluding carboxylic acids is 1. The highest BCUT2D eigenvalue weighted by Crippen LogP contribution is 2.23. The second kappa shape index (κ2) is 8.63. The number of amides is 1. The van der Waals surface area contributed by atoms with Crippen LogP contribution in [-0.2, 0) is 11.2 Å². The van der Waals surface area contributed by atoms with Crippen molar-refractivity contribution in [2.45, 2.75) is 13.3 Å². The number of benzene rings is 2. The molecule has 0 aliphatic rings. The summed E-state index contributed by atoms with van der Waals surface area (Å²) in [7, 11) is 0. The van der Waals surface area contributed by atoms with E-state index in [-0.39, 0.29) is 5.57 Å². The van der Waals surface area contributed by atoms with Crippen LogP contribution in [-0.4, -0.2) is 10.9 Å². The van der Waals surface area contributed by atoms with Gasteiger partial charge >= 0.3 is 0 Å². The van der Waals surface area contributed by atoms with E-state index in [1.54, 1.807) is 12.3 Å². The van der Waals surface area contributed by atoms with Crippen LogP contribution in [0.25, 0.3) is 6.08 Å². The van der Waals surface area contributed by atoms with Gasteiger partial charge in [-0.2, -0.15) is 5.26 Å². The smallest absolute Gasteiger partial charge is 0.268 e. The normalized spacial score (nSPS) is 11.1. The number of aryl methyl sites for hydroxylation is 1. The lowest BCUT2D eigenvalue weighted by atomic mass is 10.1. The molecule has 27 heavy (non-hydrogen) atoms. The first-order chi connectivity index (χ1) is 13.0. The Kier molecular flexibility index (Phi) is 6.02. The lowest BCUT2D eigenvalue weighted by Gasteiger charge is -2.01. The van der Waals surface area contributed by atoms with Crippen molar-refractivity contribution >= 4 is 40.1 Å². The second-order valence-corrected chi connectivity index (χ2v) is 7.52. The Bertz CT molecular complexity index is 1030. The van der Waals surface area contributed by atoms with E-state index < -0.39 is 5.91 Å². The Morgan fingerprint density at radius 2 is 2.07 bits per heavy atom. The first-order valence-electron chi connectivity index (χ1n) is 8.22. The molecule has 3 rings (SSSR count). The van der Waals surface area contributed by atoms with Crippen LogP contribution in [0.4, 0.5) is 5.13 Å². The second-order valence-electron chi connectivity index (χ2n) is 5.97. The summed E-state index contributed by atoms with van der Waals surface area (Å²) < 4.78 is 0. The predicted octanol–water partition coefficient (Wildman–Crippen LogP) is 5.24. The van der Waals surface area contributed by atoms with Crippen LogP contribution in [0.1, 0.15) is 21.6 Å². The molecule has 4 nitrogen and oxygen atoms in total. The van der Waals surface area contributed by atoms with Crippen LogP contribution < -0.4 is 5.32 Å². The number of hydrogen-bond acceptors (Lipinski definition) is 4. The summed E-state index contributed by atoms with van der Waals surface area (Å²) in [5.41, 5.74) is 3.02. The first kappa shape index (κ1) is 18.8. The number of nitrogens with one attached hydrogen (secondary N) is 1. The van der Waals surface area contributed by atoms with E-state index in [0.29, 0.717) is 16.6 Å². The Morgan fingerprint density at radius 1 is 1.30 bits per heavy atom. The number of aromatic nitrogens is 1. The Morgan fingerprint density at radius 3 is 2.78 bits per heavy atom. The molecule has 1 aromatic heterocycles. The third-order valence-corrected chi connectivity index (χ3v) is 4.94. The first-order valence-corrected chi connectivity index (χ1v) is 9.42. The van der Waals surface area contributed by atoms with Crippen LogP contribution in [0.5, 0.6) is 0 Å². The van der Waals surface area contributed by atoms with Gasteiger partial charge in [-0.25, -0.2) is 4.98 Å².